The maximum atomic E-state index is 13.3. The maximum Gasteiger partial charge on any atom is 0.190 e. The average Bonchev–Trinajstić information content (AvgIpc) is 2.96. The van der Waals surface area contributed by atoms with Gasteiger partial charge in [0, 0.05) is 38.2 Å². The van der Waals surface area contributed by atoms with Crippen LogP contribution in [-0.2, 0) is 6.54 Å². The Morgan fingerprint density at radius 3 is 2.45 bits per heavy atom. The van der Waals surface area contributed by atoms with Crippen molar-refractivity contribution in [2.75, 3.05) is 0 Å². The Labute approximate surface area is 172 Å². The van der Waals surface area contributed by atoms with Gasteiger partial charge in [-0.3, -0.25) is 9.59 Å². The van der Waals surface area contributed by atoms with Crippen LogP contribution >= 0.6 is 11.6 Å². The van der Waals surface area contributed by atoms with E-state index in [1.807, 2.05) is 54.6 Å². The molecule has 0 N–H and O–H groups in total. The second-order valence-electron chi connectivity index (χ2n) is 7.08. The van der Waals surface area contributed by atoms with Crippen LogP contribution in [0.1, 0.15) is 26.3 Å². The summed E-state index contributed by atoms with van der Waals surface area (Å²) in [7, 11) is 0. The van der Waals surface area contributed by atoms with Crippen LogP contribution in [0.3, 0.4) is 0 Å². The second-order valence-corrected chi connectivity index (χ2v) is 7.51. The third kappa shape index (κ3) is 2.82. The molecule has 0 atom stereocenters. The van der Waals surface area contributed by atoms with Crippen molar-refractivity contribution < 1.29 is 9.59 Å². The van der Waals surface area contributed by atoms with E-state index >= 15 is 0 Å². The highest BCUT2D eigenvalue weighted by molar-refractivity contribution is 6.30. The van der Waals surface area contributed by atoms with Gasteiger partial charge in [-0.1, -0.05) is 54.1 Å². The van der Waals surface area contributed by atoms with Crippen molar-refractivity contribution in [1.29, 1.82) is 0 Å². The van der Waals surface area contributed by atoms with Gasteiger partial charge in [-0.15, -0.1) is 0 Å². The lowest BCUT2D eigenvalue weighted by Crippen LogP contribution is -2.10. The second kappa shape index (κ2) is 6.87. The molecule has 1 aromatic heterocycles. The van der Waals surface area contributed by atoms with Crippen LogP contribution in [0.25, 0.3) is 28.2 Å². The molecule has 1 aliphatic heterocycles. The minimum atomic E-state index is -0.0465. The number of ketones is 1. The number of nitrogens with zero attached hydrogens (tertiary/aromatic N) is 1. The smallest absolute Gasteiger partial charge is 0.190 e. The summed E-state index contributed by atoms with van der Waals surface area (Å²) in [6.07, 6.45) is 2.85. The van der Waals surface area contributed by atoms with E-state index in [1.54, 1.807) is 24.3 Å². The zero-order valence-corrected chi connectivity index (χ0v) is 16.2. The first-order chi connectivity index (χ1) is 14.2. The van der Waals surface area contributed by atoms with Crippen molar-refractivity contribution in [2.45, 2.75) is 6.54 Å². The van der Waals surface area contributed by atoms with Gasteiger partial charge in [-0.25, -0.2) is 0 Å². The lowest BCUT2D eigenvalue weighted by molar-refractivity contribution is 0.103. The summed E-state index contributed by atoms with van der Waals surface area (Å²) in [5.74, 6) is -0.0465. The number of allylic oxidation sites excluding steroid dienone is 1. The van der Waals surface area contributed by atoms with Gasteiger partial charge in [-0.05, 0) is 42.0 Å². The standard InChI is InChI=1S/C25H16ClNO2/c26-19-11-9-16(10-12-19)25(29)18-13-17-5-1-2-6-20(17)24-22(15-28)21-7-3-4-8-23(21)27(24)14-18/h1-13,15H,14H2. The number of para-hydroxylation sites is 1. The summed E-state index contributed by atoms with van der Waals surface area (Å²) in [6.45, 7) is 0.389. The Morgan fingerprint density at radius 1 is 0.931 bits per heavy atom. The van der Waals surface area contributed by atoms with E-state index in [4.69, 9.17) is 11.6 Å². The number of aromatic nitrogens is 1. The summed E-state index contributed by atoms with van der Waals surface area (Å²) in [5, 5.41) is 1.49. The van der Waals surface area contributed by atoms with Crippen molar-refractivity contribution in [3.63, 3.8) is 0 Å². The third-order valence-electron chi connectivity index (χ3n) is 5.40. The fourth-order valence-corrected chi connectivity index (χ4v) is 4.20. The molecule has 0 saturated heterocycles. The van der Waals surface area contributed by atoms with Gasteiger partial charge in [0.25, 0.3) is 0 Å². The van der Waals surface area contributed by atoms with Crippen LogP contribution in [-0.4, -0.2) is 16.6 Å². The predicted molar refractivity (Wildman–Crippen MR) is 117 cm³/mol. The Bertz CT molecular complexity index is 1310. The van der Waals surface area contributed by atoms with Gasteiger partial charge < -0.3 is 4.57 Å². The molecule has 0 amide bonds. The summed E-state index contributed by atoms with van der Waals surface area (Å²) in [5.41, 5.74) is 5.58. The lowest BCUT2D eigenvalue weighted by atomic mass is 9.98. The zero-order valence-electron chi connectivity index (χ0n) is 15.4. The summed E-state index contributed by atoms with van der Waals surface area (Å²) in [4.78, 5) is 25.3. The molecule has 5 rings (SSSR count). The van der Waals surface area contributed by atoms with Gasteiger partial charge in [0.1, 0.15) is 0 Å². The molecule has 0 fully saturated rings. The summed E-state index contributed by atoms with van der Waals surface area (Å²) >= 11 is 5.98. The third-order valence-corrected chi connectivity index (χ3v) is 5.65. The van der Waals surface area contributed by atoms with Gasteiger partial charge in [-0.2, -0.15) is 0 Å². The molecule has 140 valence electrons. The van der Waals surface area contributed by atoms with E-state index in [-0.39, 0.29) is 5.78 Å². The SMILES string of the molecule is O=Cc1c2n(c3ccccc13)CC(C(=O)c1ccc(Cl)cc1)=Cc1ccccc1-2. The van der Waals surface area contributed by atoms with Crippen LogP contribution in [0.4, 0.5) is 0 Å². The van der Waals surface area contributed by atoms with Crippen LogP contribution in [0.5, 0.6) is 0 Å². The summed E-state index contributed by atoms with van der Waals surface area (Å²) in [6, 6.07) is 22.6. The fraction of sp³-hybridized carbons (Fsp3) is 0.0400. The molecule has 3 aromatic carbocycles. The number of carbonyl (C=O) groups is 2. The molecular formula is C25H16ClNO2. The molecule has 0 saturated carbocycles. The number of hydrogen-bond acceptors (Lipinski definition) is 2. The molecule has 3 nitrogen and oxygen atoms in total. The maximum absolute atomic E-state index is 13.3. The van der Waals surface area contributed by atoms with E-state index < -0.39 is 0 Å². The van der Waals surface area contributed by atoms with Crippen molar-refractivity contribution in [2.24, 2.45) is 0 Å². The van der Waals surface area contributed by atoms with Crippen molar-refractivity contribution in [3.05, 3.63) is 100 Å². The van der Waals surface area contributed by atoms with Gasteiger partial charge in [0.15, 0.2) is 12.1 Å². The zero-order chi connectivity index (χ0) is 20.0. The van der Waals surface area contributed by atoms with E-state index in [9.17, 15) is 9.59 Å². The van der Waals surface area contributed by atoms with Crippen LogP contribution in [0, 0.1) is 0 Å². The number of rotatable bonds is 3. The number of Topliss-reactive ketones (excluding diaryl/α,β-unsaturated/α-hetero) is 1. The molecule has 0 spiro atoms. The molecule has 0 bridgehead atoms. The highest BCUT2D eigenvalue weighted by atomic mass is 35.5. The van der Waals surface area contributed by atoms with E-state index in [2.05, 4.69) is 4.57 Å². The molecule has 2 heterocycles. The minimum absolute atomic E-state index is 0.0465. The van der Waals surface area contributed by atoms with Gasteiger partial charge in [0.05, 0.1) is 12.2 Å². The normalized spacial score (nSPS) is 12.7. The van der Waals surface area contributed by atoms with E-state index in [0.29, 0.717) is 28.3 Å². The molecule has 0 radical (unpaired) electrons. The van der Waals surface area contributed by atoms with E-state index in [0.717, 1.165) is 34.0 Å². The Hall–Kier alpha value is -3.43. The largest absolute Gasteiger partial charge is 0.335 e. The van der Waals surface area contributed by atoms with Crippen molar-refractivity contribution >= 4 is 40.6 Å². The van der Waals surface area contributed by atoms with Crippen molar-refractivity contribution in [3.8, 4) is 11.3 Å². The van der Waals surface area contributed by atoms with Crippen LogP contribution in [0.15, 0.2) is 78.4 Å². The molecule has 0 unspecified atom stereocenters. The Kier molecular flexibility index (Phi) is 4.18. The fourth-order valence-electron chi connectivity index (χ4n) is 4.07. The highest BCUT2D eigenvalue weighted by Crippen LogP contribution is 2.38. The number of carbonyl (C=O) groups excluding carboxylic acids is 2. The monoisotopic (exact) mass is 397 g/mol. The summed E-state index contributed by atoms with van der Waals surface area (Å²) < 4.78 is 2.07. The number of hydrogen-bond donors (Lipinski definition) is 0. The molecule has 1 aliphatic rings. The molecule has 0 aliphatic carbocycles. The minimum Gasteiger partial charge on any atom is -0.335 e. The highest BCUT2D eigenvalue weighted by Gasteiger charge is 2.25. The Balaban J connectivity index is 1.77. The van der Waals surface area contributed by atoms with Gasteiger partial charge >= 0.3 is 0 Å². The van der Waals surface area contributed by atoms with Gasteiger partial charge in [0.2, 0.25) is 0 Å². The molecule has 4 heteroatoms. The first-order valence-corrected chi connectivity index (χ1v) is 9.72. The molecule has 29 heavy (non-hydrogen) atoms. The molecule has 4 aromatic rings. The predicted octanol–water partition coefficient (Wildman–Crippen LogP) is 6.05. The first-order valence-electron chi connectivity index (χ1n) is 9.34. The van der Waals surface area contributed by atoms with E-state index in [1.165, 1.54) is 0 Å². The average molecular weight is 398 g/mol. The first kappa shape index (κ1) is 17.7. The lowest BCUT2D eigenvalue weighted by Gasteiger charge is -2.11. The number of halogens is 1. The van der Waals surface area contributed by atoms with Crippen LogP contribution in [0.2, 0.25) is 5.02 Å². The van der Waals surface area contributed by atoms with Crippen LogP contribution < -0.4 is 0 Å². The number of aldehydes is 1. The number of fused-ring (bicyclic) bond motifs is 5. The topological polar surface area (TPSA) is 39.1 Å². The van der Waals surface area contributed by atoms with Crippen molar-refractivity contribution in [1.82, 2.24) is 4.57 Å². The Morgan fingerprint density at radius 2 is 1.66 bits per heavy atom. The molecular weight excluding hydrogens is 382 g/mol. The number of benzene rings is 3. The quantitative estimate of drug-likeness (QED) is 0.311.